The Balaban J connectivity index is 1.93. The Hall–Kier alpha value is -2.69. The van der Waals surface area contributed by atoms with Gasteiger partial charge in [-0.25, -0.2) is 0 Å². The number of aromatic hydroxyl groups is 3. The van der Waals surface area contributed by atoms with E-state index in [9.17, 15) is 20.1 Å². The number of aryl methyl sites for hydroxylation is 1. The van der Waals surface area contributed by atoms with E-state index in [-0.39, 0.29) is 28.7 Å². The fraction of sp³-hybridized carbons (Fsp3) is 0.188. The molecule has 5 nitrogen and oxygen atoms in total. The predicted molar refractivity (Wildman–Crippen MR) is 78.7 cm³/mol. The van der Waals surface area contributed by atoms with E-state index in [0.717, 1.165) is 11.1 Å². The van der Waals surface area contributed by atoms with Crippen LogP contribution < -0.4 is 5.32 Å². The molecule has 0 aliphatic carbocycles. The highest BCUT2D eigenvalue weighted by atomic mass is 16.3. The van der Waals surface area contributed by atoms with Crippen LogP contribution in [0.3, 0.4) is 0 Å². The molecular weight excluding hydrogens is 270 g/mol. The van der Waals surface area contributed by atoms with Gasteiger partial charge in [-0.05, 0) is 48.7 Å². The Labute approximate surface area is 122 Å². The minimum Gasteiger partial charge on any atom is -0.507 e. The number of hydrogen-bond acceptors (Lipinski definition) is 4. The maximum absolute atomic E-state index is 11.9. The minimum absolute atomic E-state index is 0.0465. The van der Waals surface area contributed by atoms with Gasteiger partial charge in [-0.1, -0.05) is 12.1 Å². The Kier molecular flexibility index (Phi) is 4.33. The summed E-state index contributed by atoms with van der Waals surface area (Å²) in [5.74, 6) is -0.757. The van der Waals surface area contributed by atoms with Crippen LogP contribution in [0, 0.1) is 6.92 Å². The highest BCUT2D eigenvalue weighted by Gasteiger charge is 2.10. The van der Waals surface area contributed by atoms with Gasteiger partial charge in [-0.3, -0.25) is 4.79 Å². The summed E-state index contributed by atoms with van der Waals surface area (Å²) in [6, 6.07) is 9.39. The molecule has 21 heavy (non-hydrogen) atoms. The van der Waals surface area contributed by atoms with Crippen LogP contribution in [0.15, 0.2) is 36.4 Å². The average Bonchev–Trinajstić information content (AvgIpc) is 2.42. The van der Waals surface area contributed by atoms with Gasteiger partial charge >= 0.3 is 0 Å². The predicted octanol–water partition coefficient (Wildman–Crippen LogP) is 2.08. The lowest BCUT2D eigenvalue weighted by atomic mass is 10.1. The van der Waals surface area contributed by atoms with Gasteiger partial charge in [0.15, 0.2) is 11.5 Å². The topological polar surface area (TPSA) is 89.8 Å². The number of nitrogens with one attached hydrogen (secondary N) is 1. The molecule has 5 heteroatoms. The summed E-state index contributed by atoms with van der Waals surface area (Å²) in [7, 11) is 0. The standard InChI is InChI=1S/C16H17NO4/c1-10-2-4-12(14(19)8-10)16(21)17-7-6-11-3-5-13(18)15(20)9-11/h2-5,8-9,18-20H,6-7H2,1H3,(H,17,21). The van der Waals surface area contributed by atoms with Crippen molar-refractivity contribution in [1.82, 2.24) is 5.32 Å². The first-order chi connectivity index (χ1) is 9.97. The lowest BCUT2D eigenvalue weighted by Gasteiger charge is -2.08. The molecule has 4 N–H and O–H groups in total. The molecule has 0 radical (unpaired) electrons. The second-order valence-electron chi connectivity index (χ2n) is 4.85. The van der Waals surface area contributed by atoms with Crippen LogP contribution in [0.25, 0.3) is 0 Å². The largest absolute Gasteiger partial charge is 0.507 e. The molecule has 1 amide bonds. The van der Waals surface area contributed by atoms with Crippen LogP contribution >= 0.6 is 0 Å². The number of phenols is 3. The van der Waals surface area contributed by atoms with Gasteiger partial charge in [-0.15, -0.1) is 0 Å². The monoisotopic (exact) mass is 287 g/mol. The Morgan fingerprint density at radius 2 is 1.76 bits per heavy atom. The molecule has 0 aliphatic rings. The van der Waals surface area contributed by atoms with Crippen LogP contribution in [-0.2, 0) is 6.42 Å². The molecule has 0 unspecified atom stereocenters. The first-order valence-corrected chi connectivity index (χ1v) is 6.56. The third-order valence-electron chi connectivity index (χ3n) is 3.14. The first-order valence-electron chi connectivity index (χ1n) is 6.56. The molecule has 0 fully saturated rings. The van der Waals surface area contributed by atoms with Gasteiger partial charge < -0.3 is 20.6 Å². The van der Waals surface area contributed by atoms with Crippen LogP contribution in [-0.4, -0.2) is 27.8 Å². The Bertz CT molecular complexity index is 667. The molecule has 0 atom stereocenters. The molecule has 0 aliphatic heterocycles. The highest BCUT2D eigenvalue weighted by Crippen LogP contribution is 2.25. The molecular formula is C16H17NO4. The van der Waals surface area contributed by atoms with Crippen LogP contribution in [0.1, 0.15) is 21.5 Å². The summed E-state index contributed by atoms with van der Waals surface area (Å²) >= 11 is 0. The lowest BCUT2D eigenvalue weighted by molar-refractivity contribution is 0.0951. The van der Waals surface area contributed by atoms with E-state index in [1.807, 2.05) is 6.92 Å². The summed E-state index contributed by atoms with van der Waals surface area (Å²) in [6.45, 7) is 2.19. The smallest absolute Gasteiger partial charge is 0.255 e. The van der Waals surface area contributed by atoms with Gasteiger partial charge in [-0.2, -0.15) is 0 Å². The third kappa shape index (κ3) is 3.66. The summed E-state index contributed by atoms with van der Waals surface area (Å²) in [5.41, 5.74) is 1.90. The maximum Gasteiger partial charge on any atom is 0.255 e. The molecule has 0 bridgehead atoms. The van der Waals surface area contributed by atoms with Crippen molar-refractivity contribution in [3.8, 4) is 17.2 Å². The van der Waals surface area contributed by atoms with E-state index in [2.05, 4.69) is 5.32 Å². The van der Waals surface area contributed by atoms with Crippen molar-refractivity contribution in [2.75, 3.05) is 6.54 Å². The van der Waals surface area contributed by atoms with E-state index < -0.39 is 0 Å². The van der Waals surface area contributed by atoms with Crippen LogP contribution in [0.2, 0.25) is 0 Å². The van der Waals surface area contributed by atoms with E-state index in [0.29, 0.717) is 13.0 Å². The van der Waals surface area contributed by atoms with Gasteiger partial charge in [0.2, 0.25) is 0 Å². The average molecular weight is 287 g/mol. The molecule has 0 spiro atoms. The number of rotatable bonds is 4. The zero-order chi connectivity index (χ0) is 15.4. The molecule has 0 saturated heterocycles. The van der Waals surface area contributed by atoms with Crippen LogP contribution in [0.5, 0.6) is 17.2 Å². The second kappa shape index (κ2) is 6.17. The number of phenolic OH excluding ortho intramolecular Hbond substituents is 3. The minimum atomic E-state index is -0.351. The summed E-state index contributed by atoms with van der Waals surface area (Å²) < 4.78 is 0. The van der Waals surface area contributed by atoms with E-state index in [4.69, 9.17) is 0 Å². The van der Waals surface area contributed by atoms with Gasteiger partial charge in [0.05, 0.1) is 5.56 Å². The Morgan fingerprint density at radius 3 is 2.43 bits per heavy atom. The van der Waals surface area contributed by atoms with E-state index >= 15 is 0 Å². The number of amides is 1. The fourth-order valence-electron chi connectivity index (χ4n) is 1.97. The molecule has 2 rings (SSSR count). The SMILES string of the molecule is Cc1ccc(C(=O)NCCc2ccc(O)c(O)c2)c(O)c1. The quantitative estimate of drug-likeness (QED) is 0.648. The summed E-state index contributed by atoms with van der Waals surface area (Å²) in [4.78, 5) is 11.9. The highest BCUT2D eigenvalue weighted by molar-refractivity contribution is 5.96. The lowest BCUT2D eigenvalue weighted by Crippen LogP contribution is -2.25. The van der Waals surface area contributed by atoms with Crippen molar-refractivity contribution >= 4 is 5.91 Å². The number of carbonyl (C=O) groups excluding carboxylic acids is 1. The molecule has 0 saturated carbocycles. The van der Waals surface area contributed by atoms with Crippen molar-refractivity contribution < 1.29 is 20.1 Å². The fourth-order valence-corrected chi connectivity index (χ4v) is 1.97. The first kappa shape index (κ1) is 14.7. The summed E-state index contributed by atoms with van der Waals surface area (Å²) in [5, 5.41) is 31.0. The molecule has 0 heterocycles. The number of carbonyl (C=O) groups is 1. The zero-order valence-electron chi connectivity index (χ0n) is 11.6. The van der Waals surface area contributed by atoms with Gasteiger partial charge in [0.1, 0.15) is 5.75 Å². The Morgan fingerprint density at radius 1 is 1.00 bits per heavy atom. The number of benzene rings is 2. The normalized spacial score (nSPS) is 10.3. The van der Waals surface area contributed by atoms with Crippen LogP contribution in [0.4, 0.5) is 0 Å². The maximum atomic E-state index is 11.9. The third-order valence-corrected chi connectivity index (χ3v) is 3.14. The van der Waals surface area contributed by atoms with Crippen molar-refractivity contribution in [2.24, 2.45) is 0 Å². The number of hydrogen-bond donors (Lipinski definition) is 4. The summed E-state index contributed by atoms with van der Waals surface area (Å²) in [6.07, 6.45) is 0.506. The van der Waals surface area contributed by atoms with Crippen molar-refractivity contribution in [2.45, 2.75) is 13.3 Å². The van der Waals surface area contributed by atoms with Gasteiger partial charge in [0, 0.05) is 6.54 Å². The van der Waals surface area contributed by atoms with E-state index in [1.165, 1.54) is 18.2 Å². The van der Waals surface area contributed by atoms with E-state index in [1.54, 1.807) is 18.2 Å². The molecule has 2 aromatic rings. The molecule has 0 aromatic heterocycles. The molecule has 2 aromatic carbocycles. The van der Waals surface area contributed by atoms with Crippen molar-refractivity contribution in [3.05, 3.63) is 53.1 Å². The van der Waals surface area contributed by atoms with Crippen molar-refractivity contribution in [1.29, 1.82) is 0 Å². The molecule has 110 valence electrons. The zero-order valence-corrected chi connectivity index (χ0v) is 11.6. The van der Waals surface area contributed by atoms with Gasteiger partial charge in [0.25, 0.3) is 5.91 Å². The second-order valence-corrected chi connectivity index (χ2v) is 4.85. The van der Waals surface area contributed by atoms with Crippen molar-refractivity contribution in [3.63, 3.8) is 0 Å².